The zero-order valence-corrected chi connectivity index (χ0v) is 15.1. The first kappa shape index (κ1) is 14.6. The number of benzene rings is 3. The number of hydrogen-bond acceptors (Lipinski definition) is 1. The summed E-state index contributed by atoms with van der Waals surface area (Å²) in [6.07, 6.45) is 0. The van der Waals surface area contributed by atoms with Crippen LogP contribution in [0.4, 0.5) is 0 Å². The molecule has 0 N–H and O–H groups in total. The first-order valence-corrected chi connectivity index (χ1v) is 9.35. The summed E-state index contributed by atoms with van der Waals surface area (Å²) in [6.45, 7) is 2.22. The molecule has 0 aliphatic carbocycles. The number of aryl methyl sites for hydroxylation is 2. The number of para-hydroxylation sites is 1. The first-order chi connectivity index (χ1) is 12.2. The molecule has 5 aromatic rings. The Balaban J connectivity index is 1.92. The molecule has 0 fully saturated rings. The van der Waals surface area contributed by atoms with Crippen LogP contribution < -0.4 is 4.57 Å². The summed E-state index contributed by atoms with van der Waals surface area (Å²) in [5.41, 5.74) is 5.21. The number of rotatable bonds is 1. The van der Waals surface area contributed by atoms with Gasteiger partial charge in [0.15, 0.2) is 0 Å². The van der Waals surface area contributed by atoms with Crippen LogP contribution >= 0.6 is 11.3 Å². The lowest BCUT2D eigenvalue weighted by Crippen LogP contribution is -2.32. The molecule has 0 unspecified atom stereocenters. The third-order valence-electron chi connectivity index (χ3n) is 5.09. The summed E-state index contributed by atoms with van der Waals surface area (Å²) in [4.78, 5) is 0. The van der Waals surface area contributed by atoms with Crippen LogP contribution in [0.3, 0.4) is 0 Å². The molecule has 0 radical (unpaired) electrons. The number of fused-ring (bicyclic) bond motifs is 4. The van der Waals surface area contributed by atoms with E-state index in [2.05, 4.69) is 91.3 Å². The largest absolute Gasteiger partial charge is 0.214 e. The van der Waals surface area contributed by atoms with Gasteiger partial charge >= 0.3 is 0 Å². The van der Waals surface area contributed by atoms with Gasteiger partial charge in [-0.25, -0.2) is 0 Å². The lowest BCUT2D eigenvalue weighted by atomic mass is 10.0. The second-order valence-corrected chi connectivity index (χ2v) is 7.62. The second kappa shape index (κ2) is 5.40. The van der Waals surface area contributed by atoms with Gasteiger partial charge in [0.2, 0.25) is 11.2 Å². The van der Waals surface area contributed by atoms with Gasteiger partial charge < -0.3 is 0 Å². The lowest BCUT2D eigenvalue weighted by Gasteiger charge is -2.08. The average molecular weight is 340 g/mol. The molecule has 2 heterocycles. The van der Waals surface area contributed by atoms with Gasteiger partial charge in [0.25, 0.3) is 0 Å². The summed E-state index contributed by atoms with van der Waals surface area (Å²) >= 11 is 1.90. The van der Waals surface area contributed by atoms with Crippen LogP contribution in [0.5, 0.6) is 0 Å². The van der Waals surface area contributed by atoms with Crippen molar-refractivity contribution in [2.45, 2.75) is 6.92 Å². The zero-order chi connectivity index (χ0) is 17.0. The molecule has 0 saturated carbocycles. The predicted octanol–water partition coefficient (Wildman–Crippen LogP) is 6.01. The molecule has 0 amide bonds. The van der Waals surface area contributed by atoms with E-state index >= 15 is 0 Å². The van der Waals surface area contributed by atoms with E-state index < -0.39 is 0 Å². The van der Waals surface area contributed by atoms with Gasteiger partial charge in [-0.1, -0.05) is 42.5 Å². The molecule has 25 heavy (non-hydrogen) atoms. The molecule has 0 bridgehead atoms. The van der Waals surface area contributed by atoms with Crippen molar-refractivity contribution in [2.75, 3.05) is 0 Å². The Morgan fingerprint density at radius 1 is 0.760 bits per heavy atom. The van der Waals surface area contributed by atoms with E-state index in [0.29, 0.717) is 0 Å². The van der Waals surface area contributed by atoms with Gasteiger partial charge in [-0.15, -0.1) is 11.3 Å². The van der Waals surface area contributed by atoms with Gasteiger partial charge in [0.1, 0.15) is 7.05 Å². The number of hydrogen-bond donors (Lipinski definition) is 0. The van der Waals surface area contributed by atoms with Gasteiger partial charge in [-0.05, 0) is 30.7 Å². The lowest BCUT2D eigenvalue weighted by molar-refractivity contribution is -0.633. The molecule has 5 rings (SSSR count). The van der Waals surface area contributed by atoms with Crippen molar-refractivity contribution in [1.82, 2.24) is 0 Å². The smallest absolute Gasteiger partial charge is 0.194 e. The summed E-state index contributed by atoms with van der Waals surface area (Å²) in [6, 6.07) is 26.3. The molecule has 0 aliphatic rings. The molecular weight excluding hydrogens is 322 g/mol. The molecule has 0 atom stereocenters. The zero-order valence-electron chi connectivity index (χ0n) is 14.3. The van der Waals surface area contributed by atoms with Gasteiger partial charge in [0, 0.05) is 37.7 Å². The third kappa shape index (κ3) is 2.11. The molecular formula is C23H18NS+. The fourth-order valence-corrected chi connectivity index (χ4v) is 5.11. The number of aromatic nitrogens is 1. The molecule has 0 aliphatic heterocycles. The summed E-state index contributed by atoms with van der Waals surface area (Å²) < 4.78 is 5.06. The monoisotopic (exact) mass is 340 g/mol. The Morgan fingerprint density at radius 3 is 2.48 bits per heavy atom. The minimum Gasteiger partial charge on any atom is -0.194 e. The molecule has 2 heteroatoms. The number of thiophene rings is 1. The van der Waals surface area contributed by atoms with Crippen molar-refractivity contribution in [1.29, 1.82) is 0 Å². The highest BCUT2D eigenvalue weighted by molar-refractivity contribution is 7.26. The molecule has 2 aromatic heterocycles. The highest BCUT2D eigenvalue weighted by Gasteiger charge is 2.20. The topological polar surface area (TPSA) is 3.88 Å². The summed E-state index contributed by atoms with van der Waals surface area (Å²) in [5, 5.41) is 3.98. The Kier molecular flexibility index (Phi) is 3.16. The van der Waals surface area contributed by atoms with E-state index in [1.54, 1.807) is 0 Å². The van der Waals surface area contributed by atoms with Gasteiger partial charge in [0.05, 0.1) is 5.56 Å². The van der Waals surface area contributed by atoms with E-state index in [9.17, 15) is 0 Å². The fraction of sp³-hybridized carbons (Fsp3) is 0.0870. The average Bonchev–Trinajstić information content (AvgIpc) is 3.01. The van der Waals surface area contributed by atoms with E-state index in [-0.39, 0.29) is 0 Å². The van der Waals surface area contributed by atoms with Crippen LogP contribution in [-0.2, 0) is 7.05 Å². The Hall–Kier alpha value is -2.71. The van der Waals surface area contributed by atoms with Crippen LogP contribution in [-0.4, -0.2) is 0 Å². The second-order valence-electron chi connectivity index (χ2n) is 6.57. The van der Waals surface area contributed by atoms with Crippen molar-refractivity contribution in [2.24, 2.45) is 7.05 Å². The maximum Gasteiger partial charge on any atom is 0.214 e. The quantitative estimate of drug-likeness (QED) is 0.329. The van der Waals surface area contributed by atoms with Gasteiger partial charge in [-0.2, -0.15) is 4.57 Å². The standard InChI is InChI=1S/C23H18NS/c1-15-11-13-18-17-8-4-6-10-21(17)25-23(18)22(15)20-14-12-16-7-3-5-9-19(16)24(20)2/h3-14H,1-2H3/q+1. The maximum atomic E-state index is 2.32. The highest BCUT2D eigenvalue weighted by atomic mass is 32.1. The fourth-order valence-electron chi connectivity index (χ4n) is 3.80. The minimum atomic E-state index is 1.26. The van der Waals surface area contributed by atoms with E-state index in [0.717, 1.165) is 0 Å². The van der Waals surface area contributed by atoms with Crippen molar-refractivity contribution in [3.8, 4) is 11.3 Å². The van der Waals surface area contributed by atoms with E-state index in [4.69, 9.17) is 0 Å². The minimum absolute atomic E-state index is 1.26. The molecule has 120 valence electrons. The SMILES string of the molecule is Cc1ccc2c(sc3ccccc32)c1-c1ccc2ccccc2[n+]1C. The maximum absolute atomic E-state index is 2.32. The highest BCUT2D eigenvalue weighted by Crippen LogP contribution is 2.40. The van der Waals surface area contributed by atoms with Crippen LogP contribution in [0.15, 0.2) is 72.8 Å². The van der Waals surface area contributed by atoms with E-state index in [1.807, 2.05) is 11.3 Å². The number of nitrogens with zero attached hydrogens (tertiary/aromatic N) is 1. The van der Waals surface area contributed by atoms with Crippen LogP contribution in [0.1, 0.15) is 5.56 Å². The Bertz CT molecular complexity index is 1260. The van der Waals surface area contributed by atoms with E-state index in [1.165, 1.54) is 47.9 Å². The third-order valence-corrected chi connectivity index (χ3v) is 6.30. The van der Waals surface area contributed by atoms with Crippen molar-refractivity contribution < 1.29 is 4.57 Å². The molecule has 0 saturated heterocycles. The van der Waals surface area contributed by atoms with Crippen molar-refractivity contribution >= 4 is 42.4 Å². The van der Waals surface area contributed by atoms with Crippen LogP contribution in [0.2, 0.25) is 0 Å². The van der Waals surface area contributed by atoms with Crippen molar-refractivity contribution in [3.63, 3.8) is 0 Å². The first-order valence-electron chi connectivity index (χ1n) is 8.53. The van der Waals surface area contributed by atoms with Gasteiger partial charge in [-0.3, -0.25) is 0 Å². The predicted molar refractivity (Wildman–Crippen MR) is 108 cm³/mol. The molecule has 1 nitrogen and oxygen atoms in total. The molecule has 0 spiro atoms. The normalized spacial score (nSPS) is 11.6. The van der Waals surface area contributed by atoms with Crippen LogP contribution in [0.25, 0.3) is 42.3 Å². The Labute approximate surface area is 150 Å². The molecule has 3 aromatic carbocycles. The number of pyridine rings is 1. The summed E-state index contributed by atoms with van der Waals surface area (Å²) in [7, 11) is 2.17. The summed E-state index contributed by atoms with van der Waals surface area (Å²) in [5.74, 6) is 0. The van der Waals surface area contributed by atoms with Crippen LogP contribution in [0, 0.1) is 6.92 Å². The Morgan fingerprint density at radius 2 is 1.56 bits per heavy atom. The van der Waals surface area contributed by atoms with Crippen molar-refractivity contribution in [3.05, 3.63) is 78.4 Å².